The number of methoxy groups -OCH3 is 1. The summed E-state index contributed by atoms with van der Waals surface area (Å²) in [6, 6.07) is 4.84. The molecule has 7 nitrogen and oxygen atoms in total. The Bertz CT molecular complexity index is 583. The Morgan fingerprint density at radius 1 is 1.20 bits per heavy atom. The van der Waals surface area contributed by atoms with Gasteiger partial charge in [-0.1, -0.05) is 13.3 Å². The number of carbonyl (C=O) groups is 2. The molecule has 1 heterocycles. The lowest BCUT2D eigenvalue weighted by Crippen LogP contribution is -2.42. The Labute approximate surface area is 147 Å². The molecule has 1 aromatic carbocycles. The van der Waals surface area contributed by atoms with Crippen LogP contribution in [0.2, 0.25) is 0 Å². The van der Waals surface area contributed by atoms with E-state index < -0.39 is 5.97 Å². The van der Waals surface area contributed by atoms with Crippen molar-refractivity contribution in [3.63, 3.8) is 0 Å². The first-order valence-corrected chi connectivity index (χ1v) is 8.49. The smallest absolute Gasteiger partial charge is 0.338 e. The van der Waals surface area contributed by atoms with Gasteiger partial charge in [-0.2, -0.15) is 0 Å². The summed E-state index contributed by atoms with van der Waals surface area (Å²) in [6.07, 6.45) is 1.97. The van der Waals surface area contributed by atoms with Crippen LogP contribution in [0.15, 0.2) is 18.2 Å². The van der Waals surface area contributed by atoms with Crippen LogP contribution >= 0.6 is 0 Å². The largest absolute Gasteiger partial charge is 0.493 e. The topological polar surface area (TPSA) is 74.3 Å². The summed E-state index contributed by atoms with van der Waals surface area (Å²) in [6.45, 7) is 4.45. The summed E-state index contributed by atoms with van der Waals surface area (Å²) in [4.78, 5) is 25.8. The molecule has 7 heteroatoms. The second-order valence-corrected chi connectivity index (χ2v) is 5.64. The van der Waals surface area contributed by atoms with Gasteiger partial charge in [0.15, 0.2) is 18.1 Å². The number of ether oxygens (including phenoxy) is 4. The van der Waals surface area contributed by atoms with E-state index in [-0.39, 0.29) is 12.5 Å². The molecular weight excluding hydrogens is 326 g/mol. The fourth-order valence-corrected chi connectivity index (χ4v) is 2.35. The van der Waals surface area contributed by atoms with Gasteiger partial charge in [0.2, 0.25) is 0 Å². The SMILES string of the molecule is CCCCOc1ccc(C(=O)OCC(=O)N2CCOCC2)cc1OC. The summed E-state index contributed by atoms with van der Waals surface area (Å²) in [5, 5.41) is 0. The van der Waals surface area contributed by atoms with Gasteiger partial charge in [0, 0.05) is 13.1 Å². The molecule has 0 unspecified atom stereocenters. The number of morpholine rings is 1. The van der Waals surface area contributed by atoms with E-state index in [0.29, 0.717) is 50.0 Å². The fraction of sp³-hybridized carbons (Fsp3) is 0.556. The summed E-state index contributed by atoms with van der Waals surface area (Å²) in [5.74, 6) is 0.255. The monoisotopic (exact) mass is 351 g/mol. The number of carbonyl (C=O) groups excluding carboxylic acids is 2. The van der Waals surface area contributed by atoms with Crippen molar-refractivity contribution in [2.24, 2.45) is 0 Å². The fourth-order valence-electron chi connectivity index (χ4n) is 2.35. The van der Waals surface area contributed by atoms with Crippen molar-refractivity contribution in [1.29, 1.82) is 0 Å². The average molecular weight is 351 g/mol. The third-order valence-corrected chi connectivity index (χ3v) is 3.85. The number of amides is 1. The molecule has 1 amide bonds. The second kappa shape index (κ2) is 9.88. The minimum Gasteiger partial charge on any atom is -0.493 e. The predicted octanol–water partition coefficient (Wildman–Crippen LogP) is 1.89. The van der Waals surface area contributed by atoms with Crippen molar-refractivity contribution >= 4 is 11.9 Å². The lowest BCUT2D eigenvalue weighted by atomic mass is 10.2. The number of hydrogen-bond acceptors (Lipinski definition) is 6. The standard InChI is InChI=1S/C18H25NO6/c1-3-4-9-24-15-6-5-14(12-16(15)22-2)18(21)25-13-17(20)19-7-10-23-11-8-19/h5-6,12H,3-4,7-11,13H2,1-2H3. The molecule has 0 N–H and O–H groups in total. The first-order chi connectivity index (χ1) is 12.2. The first-order valence-electron chi connectivity index (χ1n) is 8.49. The van der Waals surface area contributed by atoms with Crippen LogP contribution in [0.1, 0.15) is 30.1 Å². The van der Waals surface area contributed by atoms with Crippen LogP contribution in [0.5, 0.6) is 11.5 Å². The van der Waals surface area contributed by atoms with Gasteiger partial charge in [-0.3, -0.25) is 4.79 Å². The Morgan fingerprint density at radius 3 is 2.64 bits per heavy atom. The molecule has 25 heavy (non-hydrogen) atoms. The Kier molecular flexibility index (Phi) is 7.53. The molecular formula is C18H25NO6. The van der Waals surface area contributed by atoms with Crippen LogP contribution in [-0.2, 0) is 14.3 Å². The maximum Gasteiger partial charge on any atom is 0.338 e. The van der Waals surface area contributed by atoms with Gasteiger partial charge in [0.05, 0.1) is 32.5 Å². The zero-order chi connectivity index (χ0) is 18.1. The number of esters is 1. The van der Waals surface area contributed by atoms with Gasteiger partial charge in [-0.15, -0.1) is 0 Å². The number of hydrogen-bond donors (Lipinski definition) is 0. The van der Waals surface area contributed by atoms with Crippen LogP contribution < -0.4 is 9.47 Å². The number of unbranched alkanes of at least 4 members (excludes halogenated alkanes) is 1. The van der Waals surface area contributed by atoms with Gasteiger partial charge in [0.25, 0.3) is 5.91 Å². The summed E-state index contributed by atoms with van der Waals surface area (Å²) < 4.78 is 21.2. The molecule has 0 atom stereocenters. The van der Waals surface area contributed by atoms with E-state index in [1.807, 2.05) is 0 Å². The zero-order valence-electron chi connectivity index (χ0n) is 14.8. The van der Waals surface area contributed by atoms with Gasteiger partial charge in [-0.05, 0) is 24.6 Å². The van der Waals surface area contributed by atoms with Crippen molar-refractivity contribution in [3.05, 3.63) is 23.8 Å². The molecule has 0 aliphatic carbocycles. The highest BCUT2D eigenvalue weighted by atomic mass is 16.5. The van der Waals surface area contributed by atoms with E-state index in [0.717, 1.165) is 12.8 Å². The maximum atomic E-state index is 12.2. The highest BCUT2D eigenvalue weighted by Crippen LogP contribution is 2.28. The van der Waals surface area contributed by atoms with Crippen LogP contribution in [0.3, 0.4) is 0 Å². The molecule has 1 aliphatic heterocycles. The second-order valence-electron chi connectivity index (χ2n) is 5.64. The highest BCUT2D eigenvalue weighted by molar-refractivity contribution is 5.92. The Morgan fingerprint density at radius 2 is 1.96 bits per heavy atom. The van der Waals surface area contributed by atoms with Gasteiger partial charge in [0.1, 0.15) is 0 Å². The van der Waals surface area contributed by atoms with E-state index in [1.165, 1.54) is 7.11 Å². The van der Waals surface area contributed by atoms with E-state index in [9.17, 15) is 9.59 Å². The molecule has 0 aromatic heterocycles. The van der Waals surface area contributed by atoms with Gasteiger partial charge >= 0.3 is 5.97 Å². The van der Waals surface area contributed by atoms with Crippen LogP contribution in [0.25, 0.3) is 0 Å². The highest BCUT2D eigenvalue weighted by Gasteiger charge is 2.19. The normalized spacial score (nSPS) is 14.1. The number of nitrogens with zero attached hydrogens (tertiary/aromatic N) is 1. The molecule has 0 radical (unpaired) electrons. The maximum absolute atomic E-state index is 12.2. The van der Waals surface area contributed by atoms with E-state index in [4.69, 9.17) is 18.9 Å². The lowest BCUT2D eigenvalue weighted by Gasteiger charge is -2.26. The molecule has 0 bridgehead atoms. The number of rotatable bonds is 8. The van der Waals surface area contributed by atoms with Crippen molar-refractivity contribution in [2.45, 2.75) is 19.8 Å². The molecule has 1 saturated heterocycles. The molecule has 138 valence electrons. The average Bonchev–Trinajstić information content (AvgIpc) is 2.66. The van der Waals surface area contributed by atoms with Crippen LogP contribution in [-0.4, -0.2) is 63.4 Å². The predicted molar refractivity (Wildman–Crippen MR) is 91.1 cm³/mol. The van der Waals surface area contributed by atoms with Crippen molar-refractivity contribution in [1.82, 2.24) is 4.90 Å². The molecule has 1 aliphatic rings. The summed E-state index contributed by atoms with van der Waals surface area (Å²) in [5.41, 5.74) is 0.314. The van der Waals surface area contributed by atoms with Crippen molar-refractivity contribution < 1.29 is 28.5 Å². The third-order valence-electron chi connectivity index (χ3n) is 3.85. The van der Waals surface area contributed by atoms with Gasteiger partial charge < -0.3 is 23.8 Å². The quantitative estimate of drug-likeness (QED) is 0.526. The van der Waals surface area contributed by atoms with E-state index in [2.05, 4.69) is 6.92 Å². The van der Waals surface area contributed by atoms with Crippen LogP contribution in [0.4, 0.5) is 0 Å². The molecule has 2 rings (SSSR count). The molecule has 1 fully saturated rings. The minimum absolute atomic E-state index is 0.219. The third kappa shape index (κ3) is 5.63. The summed E-state index contributed by atoms with van der Waals surface area (Å²) >= 11 is 0. The Hall–Kier alpha value is -2.28. The minimum atomic E-state index is -0.569. The van der Waals surface area contributed by atoms with E-state index in [1.54, 1.807) is 23.1 Å². The number of benzene rings is 1. The molecule has 1 aromatic rings. The molecule has 0 spiro atoms. The molecule has 0 saturated carbocycles. The van der Waals surface area contributed by atoms with Crippen molar-refractivity contribution in [3.8, 4) is 11.5 Å². The van der Waals surface area contributed by atoms with Crippen molar-refractivity contribution in [2.75, 3.05) is 46.6 Å². The summed E-state index contributed by atoms with van der Waals surface area (Å²) in [7, 11) is 1.51. The first kappa shape index (κ1) is 19.1. The zero-order valence-corrected chi connectivity index (χ0v) is 14.8. The van der Waals surface area contributed by atoms with Crippen LogP contribution in [0, 0.1) is 0 Å². The Balaban J connectivity index is 1.90. The van der Waals surface area contributed by atoms with Gasteiger partial charge in [-0.25, -0.2) is 4.79 Å². The lowest BCUT2D eigenvalue weighted by molar-refractivity contribution is -0.138. The van der Waals surface area contributed by atoms with E-state index >= 15 is 0 Å².